The van der Waals surface area contributed by atoms with E-state index >= 15 is 0 Å². The molecule has 136 valence electrons. The van der Waals surface area contributed by atoms with Gasteiger partial charge in [0, 0.05) is 29.8 Å². The van der Waals surface area contributed by atoms with Gasteiger partial charge in [0.15, 0.2) is 11.3 Å². The number of fused-ring (bicyclic) bond motifs is 2. The molecule has 5 rings (SSSR count). The maximum absolute atomic E-state index is 12.3. The van der Waals surface area contributed by atoms with Crippen molar-refractivity contribution in [2.45, 2.75) is 6.54 Å². The Morgan fingerprint density at radius 1 is 0.964 bits per heavy atom. The van der Waals surface area contributed by atoms with E-state index in [2.05, 4.69) is 15.3 Å². The lowest BCUT2D eigenvalue weighted by molar-refractivity contribution is 0.0925. The summed E-state index contributed by atoms with van der Waals surface area (Å²) in [6.07, 6.45) is 3.34. The molecule has 3 aromatic heterocycles. The maximum atomic E-state index is 12.3. The molecular weight excluding hydrogens is 354 g/mol. The van der Waals surface area contributed by atoms with Crippen LogP contribution in [-0.2, 0) is 6.54 Å². The van der Waals surface area contributed by atoms with E-state index in [4.69, 9.17) is 8.83 Å². The molecule has 3 heterocycles. The van der Waals surface area contributed by atoms with Gasteiger partial charge in [0.1, 0.15) is 11.1 Å². The maximum Gasteiger partial charge on any atom is 0.287 e. The minimum absolute atomic E-state index is 0.244. The zero-order valence-electron chi connectivity index (χ0n) is 14.8. The lowest BCUT2D eigenvalue weighted by Crippen LogP contribution is -2.22. The van der Waals surface area contributed by atoms with Gasteiger partial charge in [-0.3, -0.25) is 9.78 Å². The van der Waals surface area contributed by atoms with Gasteiger partial charge in [-0.2, -0.15) is 0 Å². The molecule has 1 amide bonds. The first-order chi connectivity index (χ1) is 13.8. The van der Waals surface area contributed by atoms with E-state index in [1.807, 2.05) is 48.5 Å². The van der Waals surface area contributed by atoms with E-state index in [9.17, 15) is 4.79 Å². The molecule has 0 fully saturated rings. The van der Waals surface area contributed by atoms with Crippen molar-refractivity contribution < 1.29 is 13.6 Å². The second-order valence-electron chi connectivity index (χ2n) is 6.39. The monoisotopic (exact) mass is 369 g/mol. The molecule has 0 atom stereocenters. The Hall–Kier alpha value is -3.93. The summed E-state index contributed by atoms with van der Waals surface area (Å²) in [7, 11) is 0. The van der Waals surface area contributed by atoms with Crippen molar-refractivity contribution in [1.82, 2.24) is 15.3 Å². The largest absolute Gasteiger partial charge is 0.451 e. The minimum atomic E-state index is -0.244. The first kappa shape index (κ1) is 16.3. The second-order valence-corrected chi connectivity index (χ2v) is 6.39. The van der Waals surface area contributed by atoms with Crippen LogP contribution in [0.25, 0.3) is 33.5 Å². The van der Waals surface area contributed by atoms with Gasteiger partial charge in [-0.05, 0) is 29.8 Å². The molecule has 6 heteroatoms. The number of benzene rings is 2. The molecule has 28 heavy (non-hydrogen) atoms. The van der Waals surface area contributed by atoms with E-state index in [1.54, 1.807) is 24.5 Å². The first-order valence-electron chi connectivity index (χ1n) is 8.83. The van der Waals surface area contributed by atoms with Gasteiger partial charge in [-0.1, -0.05) is 30.3 Å². The zero-order chi connectivity index (χ0) is 18.9. The SMILES string of the molecule is O=C(NCc1ccc(-c2nc3cnccc3o2)cc1)c1cc2ccccc2o1. The van der Waals surface area contributed by atoms with Crippen LogP contribution < -0.4 is 5.32 Å². The summed E-state index contributed by atoms with van der Waals surface area (Å²) < 4.78 is 11.3. The van der Waals surface area contributed by atoms with Gasteiger partial charge in [0.05, 0.1) is 6.20 Å². The molecule has 5 aromatic rings. The van der Waals surface area contributed by atoms with Crippen molar-refractivity contribution in [3.8, 4) is 11.5 Å². The Labute approximate surface area is 159 Å². The molecule has 0 aliphatic heterocycles. The van der Waals surface area contributed by atoms with Crippen molar-refractivity contribution in [1.29, 1.82) is 0 Å². The lowest BCUT2D eigenvalue weighted by atomic mass is 10.1. The molecule has 0 spiro atoms. The van der Waals surface area contributed by atoms with Crippen molar-refractivity contribution in [2.24, 2.45) is 0 Å². The summed E-state index contributed by atoms with van der Waals surface area (Å²) in [5, 5.41) is 3.78. The first-order valence-corrected chi connectivity index (χ1v) is 8.83. The predicted octanol–water partition coefficient (Wildman–Crippen LogP) is 4.57. The summed E-state index contributed by atoms with van der Waals surface area (Å²) in [5.41, 5.74) is 3.95. The number of hydrogen-bond acceptors (Lipinski definition) is 5. The van der Waals surface area contributed by atoms with Gasteiger partial charge >= 0.3 is 0 Å². The number of nitrogens with one attached hydrogen (secondary N) is 1. The van der Waals surface area contributed by atoms with E-state index in [0.717, 1.165) is 22.0 Å². The molecule has 0 radical (unpaired) electrons. The Bertz CT molecular complexity index is 1220. The predicted molar refractivity (Wildman–Crippen MR) is 105 cm³/mol. The minimum Gasteiger partial charge on any atom is -0.451 e. The third-order valence-corrected chi connectivity index (χ3v) is 4.49. The van der Waals surface area contributed by atoms with E-state index in [0.29, 0.717) is 29.4 Å². The number of nitrogens with zero attached hydrogens (tertiary/aromatic N) is 2. The van der Waals surface area contributed by atoms with Crippen LogP contribution in [0.2, 0.25) is 0 Å². The van der Waals surface area contributed by atoms with Crippen molar-refractivity contribution >= 4 is 28.0 Å². The normalized spacial score (nSPS) is 11.1. The van der Waals surface area contributed by atoms with E-state index < -0.39 is 0 Å². The molecule has 6 nitrogen and oxygen atoms in total. The number of pyridine rings is 1. The summed E-state index contributed by atoms with van der Waals surface area (Å²) in [6.45, 7) is 0.396. The van der Waals surface area contributed by atoms with Crippen LogP contribution in [-0.4, -0.2) is 15.9 Å². The molecule has 1 N–H and O–H groups in total. The van der Waals surface area contributed by atoms with Gasteiger partial charge in [-0.25, -0.2) is 4.98 Å². The van der Waals surface area contributed by atoms with Crippen LogP contribution in [0, 0.1) is 0 Å². The fourth-order valence-corrected chi connectivity index (χ4v) is 3.03. The fourth-order valence-electron chi connectivity index (χ4n) is 3.03. The average Bonchev–Trinajstić information content (AvgIpc) is 3.36. The molecule has 0 unspecified atom stereocenters. The third-order valence-electron chi connectivity index (χ3n) is 4.49. The van der Waals surface area contributed by atoms with Crippen molar-refractivity contribution in [3.63, 3.8) is 0 Å². The number of carbonyl (C=O) groups is 1. The van der Waals surface area contributed by atoms with Crippen molar-refractivity contribution in [2.75, 3.05) is 0 Å². The number of oxazole rings is 1. The van der Waals surface area contributed by atoms with Gasteiger partial charge in [0.2, 0.25) is 5.89 Å². The number of aromatic nitrogens is 2. The van der Waals surface area contributed by atoms with Crippen LogP contribution >= 0.6 is 0 Å². The van der Waals surface area contributed by atoms with Crippen LogP contribution in [0.5, 0.6) is 0 Å². The quantitative estimate of drug-likeness (QED) is 0.502. The second kappa shape index (κ2) is 6.66. The molecule has 0 aliphatic carbocycles. The van der Waals surface area contributed by atoms with E-state index in [1.165, 1.54) is 0 Å². The van der Waals surface area contributed by atoms with Gasteiger partial charge < -0.3 is 14.2 Å². The van der Waals surface area contributed by atoms with Gasteiger partial charge in [0.25, 0.3) is 5.91 Å². The van der Waals surface area contributed by atoms with E-state index in [-0.39, 0.29) is 5.91 Å². The number of hydrogen-bond donors (Lipinski definition) is 1. The van der Waals surface area contributed by atoms with Crippen LogP contribution in [0.15, 0.2) is 81.9 Å². The summed E-state index contributed by atoms with van der Waals surface area (Å²) in [6, 6.07) is 18.8. The highest BCUT2D eigenvalue weighted by molar-refractivity contribution is 5.96. The number of furan rings is 1. The lowest BCUT2D eigenvalue weighted by Gasteiger charge is -2.04. The van der Waals surface area contributed by atoms with Crippen LogP contribution in [0.1, 0.15) is 16.1 Å². The molecule has 0 saturated carbocycles. The third kappa shape index (κ3) is 3.01. The molecular formula is C22H15N3O3. The highest BCUT2D eigenvalue weighted by Gasteiger charge is 2.12. The summed E-state index contributed by atoms with van der Waals surface area (Å²) in [5.74, 6) is 0.602. The number of amides is 1. The molecule has 0 bridgehead atoms. The smallest absolute Gasteiger partial charge is 0.287 e. The Morgan fingerprint density at radius 2 is 1.82 bits per heavy atom. The van der Waals surface area contributed by atoms with Crippen molar-refractivity contribution in [3.05, 3.63) is 84.4 Å². The summed E-state index contributed by atoms with van der Waals surface area (Å²) >= 11 is 0. The molecule has 2 aromatic carbocycles. The highest BCUT2D eigenvalue weighted by Crippen LogP contribution is 2.24. The topological polar surface area (TPSA) is 81.2 Å². The Morgan fingerprint density at radius 3 is 2.64 bits per heavy atom. The highest BCUT2D eigenvalue weighted by atomic mass is 16.4. The fraction of sp³-hybridized carbons (Fsp3) is 0.0455. The molecule has 0 aliphatic rings. The molecule has 0 saturated heterocycles. The summed E-state index contributed by atoms with van der Waals surface area (Å²) in [4.78, 5) is 20.8. The Balaban J connectivity index is 1.28. The zero-order valence-corrected chi connectivity index (χ0v) is 14.8. The number of carbonyl (C=O) groups excluding carboxylic acids is 1. The standard InChI is InChI=1S/C22H15N3O3/c26-21(20-11-16-3-1-2-4-18(16)27-20)24-12-14-5-7-15(8-6-14)22-25-17-13-23-10-9-19(17)28-22/h1-11,13H,12H2,(H,24,26). The Kier molecular flexibility index (Phi) is 3.87. The average molecular weight is 369 g/mol. The van der Waals surface area contributed by atoms with Gasteiger partial charge in [-0.15, -0.1) is 0 Å². The number of rotatable bonds is 4. The number of para-hydroxylation sites is 1. The van der Waals surface area contributed by atoms with Crippen LogP contribution in [0.3, 0.4) is 0 Å². The van der Waals surface area contributed by atoms with Crippen LogP contribution in [0.4, 0.5) is 0 Å².